The molecule has 0 saturated heterocycles. The zero-order chi connectivity index (χ0) is 13.8. The van der Waals surface area contributed by atoms with Gasteiger partial charge in [0.15, 0.2) is 0 Å². The Bertz CT molecular complexity index is 611. The Morgan fingerprint density at radius 1 is 1.11 bits per heavy atom. The average Bonchev–Trinajstić information content (AvgIpc) is 2.33. The smallest absolute Gasteiger partial charge is 0.228 e. The first-order chi connectivity index (χ1) is 9.04. The Labute approximate surface area is 110 Å². The predicted octanol–water partition coefficient (Wildman–Crippen LogP) is 3.45. The molecule has 0 saturated carbocycles. The Balaban J connectivity index is 2.05. The summed E-state index contributed by atoms with van der Waals surface area (Å²) in [4.78, 5) is 11.8. The molecule has 0 aromatic heterocycles. The van der Waals surface area contributed by atoms with E-state index in [-0.39, 0.29) is 24.0 Å². The average molecular weight is 261 g/mol. The number of rotatable bonds is 3. The number of hydrogen-bond donors (Lipinski definition) is 1. The van der Waals surface area contributed by atoms with Crippen LogP contribution in [0.4, 0.5) is 14.5 Å². The van der Waals surface area contributed by atoms with E-state index in [1.807, 2.05) is 0 Å². The van der Waals surface area contributed by atoms with Gasteiger partial charge in [0.2, 0.25) is 5.91 Å². The lowest BCUT2D eigenvalue weighted by molar-refractivity contribution is -0.115. The minimum atomic E-state index is -0.372. The van der Waals surface area contributed by atoms with Crippen LogP contribution < -0.4 is 5.32 Å². The van der Waals surface area contributed by atoms with Gasteiger partial charge >= 0.3 is 0 Å². The Morgan fingerprint density at radius 2 is 1.84 bits per heavy atom. The number of carbonyl (C=O) groups is 1. The zero-order valence-electron chi connectivity index (χ0n) is 10.4. The van der Waals surface area contributed by atoms with E-state index in [1.165, 1.54) is 30.3 Å². The minimum Gasteiger partial charge on any atom is -0.326 e. The quantitative estimate of drug-likeness (QED) is 0.900. The summed E-state index contributed by atoms with van der Waals surface area (Å²) in [6.45, 7) is 1.71. The van der Waals surface area contributed by atoms with Crippen LogP contribution in [0.15, 0.2) is 42.5 Å². The van der Waals surface area contributed by atoms with Crippen molar-refractivity contribution in [2.75, 3.05) is 5.32 Å². The summed E-state index contributed by atoms with van der Waals surface area (Å²) in [6.07, 6.45) is 0.0780. The maximum atomic E-state index is 13.0. The summed E-state index contributed by atoms with van der Waals surface area (Å²) < 4.78 is 25.9. The van der Waals surface area contributed by atoms with E-state index in [4.69, 9.17) is 0 Å². The molecule has 4 heteroatoms. The predicted molar refractivity (Wildman–Crippen MR) is 69.9 cm³/mol. The summed E-state index contributed by atoms with van der Waals surface area (Å²) in [5.41, 5.74) is 1.80. The van der Waals surface area contributed by atoms with Crippen molar-refractivity contribution in [3.63, 3.8) is 0 Å². The van der Waals surface area contributed by atoms with Crippen LogP contribution >= 0.6 is 0 Å². The number of aryl methyl sites for hydroxylation is 1. The van der Waals surface area contributed by atoms with E-state index in [1.54, 1.807) is 19.1 Å². The molecule has 0 aliphatic rings. The maximum absolute atomic E-state index is 13.0. The highest BCUT2D eigenvalue weighted by molar-refractivity contribution is 5.92. The third-order valence-corrected chi connectivity index (χ3v) is 2.72. The molecule has 0 bridgehead atoms. The van der Waals surface area contributed by atoms with Gasteiger partial charge < -0.3 is 5.32 Å². The lowest BCUT2D eigenvalue weighted by Crippen LogP contribution is -2.15. The molecule has 1 N–H and O–H groups in total. The van der Waals surface area contributed by atoms with Crippen LogP contribution in [-0.4, -0.2) is 5.91 Å². The molecule has 1 amide bonds. The van der Waals surface area contributed by atoms with Crippen LogP contribution in [0.2, 0.25) is 0 Å². The van der Waals surface area contributed by atoms with Gasteiger partial charge in [-0.15, -0.1) is 0 Å². The highest BCUT2D eigenvalue weighted by Gasteiger charge is 2.07. The standard InChI is InChI=1S/C15H13F2NO/c1-10-7-13(17)5-6-14(10)18-15(19)9-11-3-2-4-12(16)8-11/h2-8H,9H2,1H3,(H,18,19). The molecular weight excluding hydrogens is 248 g/mol. The highest BCUT2D eigenvalue weighted by Crippen LogP contribution is 2.16. The van der Waals surface area contributed by atoms with Crippen molar-refractivity contribution in [3.05, 3.63) is 65.2 Å². The molecule has 2 rings (SSSR count). The van der Waals surface area contributed by atoms with Gasteiger partial charge in [0, 0.05) is 5.69 Å². The fourth-order valence-electron chi connectivity index (χ4n) is 1.79. The third-order valence-electron chi connectivity index (χ3n) is 2.72. The van der Waals surface area contributed by atoms with Crippen LogP contribution in [0.25, 0.3) is 0 Å². The van der Waals surface area contributed by atoms with Gasteiger partial charge in [-0.1, -0.05) is 12.1 Å². The molecule has 2 aromatic rings. The molecule has 0 aliphatic carbocycles. The van der Waals surface area contributed by atoms with Gasteiger partial charge in [0.05, 0.1) is 6.42 Å². The first kappa shape index (κ1) is 13.2. The van der Waals surface area contributed by atoms with Crippen LogP contribution in [0.3, 0.4) is 0 Å². The van der Waals surface area contributed by atoms with Gasteiger partial charge in [0.25, 0.3) is 0 Å². The Kier molecular flexibility index (Phi) is 3.90. The van der Waals surface area contributed by atoms with Crippen LogP contribution in [-0.2, 0) is 11.2 Å². The van der Waals surface area contributed by atoms with E-state index in [0.717, 1.165) is 0 Å². The van der Waals surface area contributed by atoms with E-state index in [2.05, 4.69) is 5.32 Å². The summed E-state index contributed by atoms with van der Waals surface area (Å²) in [5, 5.41) is 2.68. The number of hydrogen-bond acceptors (Lipinski definition) is 1. The maximum Gasteiger partial charge on any atom is 0.228 e. The molecule has 98 valence electrons. The first-order valence-corrected chi connectivity index (χ1v) is 5.85. The van der Waals surface area contributed by atoms with Crippen LogP contribution in [0, 0.1) is 18.6 Å². The molecule has 0 aliphatic heterocycles. The fourth-order valence-corrected chi connectivity index (χ4v) is 1.79. The van der Waals surface area contributed by atoms with Crippen LogP contribution in [0.5, 0.6) is 0 Å². The van der Waals surface area contributed by atoms with Crippen molar-refractivity contribution in [3.8, 4) is 0 Å². The second-order valence-electron chi connectivity index (χ2n) is 4.31. The van der Waals surface area contributed by atoms with Gasteiger partial charge in [-0.05, 0) is 48.4 Å². The van der Waals surface area contributed by atoms with Crippen LogP contribution in [0.1, 0.15) is 11.1 Å². The van der Waals surface area contributed by atoms with Gasteiger partial charge in [-0.3, -0.25) is 4.79 Å². The van der Waals surface area contributed by atoms with Gasteiger partial charge in [-0.25, -0.2) is 8.78 Å². The number of anilines is 1. The molecule has 0 radical (unpaired) electrons. The third kappa shape index (κ3) is 3.61. The number of benzene rings is 2. The second-order valence-corrected chi connectivity index (χ2v) is 4.31. The highest BCUT2D eigenvalue weighted by atomic mass is 19.1. The number of carbonyl (C=O) groups excluding carboxylic acids is 1. The van der Waals surface area contributed by atoms with Gasteiger partial charge in [-0.2, -0.15) is 0 Å². The van der Waals surface area contributed by atoms with Crippen molar-refractivity contribution < 1.29 is 13.6 Å². The van der Waals surface area contributed by atoms with Crippen molar-refractivity contribution in [1.82, 2.24) is 0 Å². The number of amides is 1. The summed E-state index contributed by atoms with van der Waals surface area (Å²) in [6, 6.07) is 10.0. The molecule has 19 heavy (non-hydrogen) atoms. The normalized spacial score (nSPS) is 10.3. The molecule has 2 nitrogen and oxygen atoms in total. The first-order valence-electron chi connectivity index (χ1n) is 5.85. The molecule has 0 heterocycles. The lowest BCUT2D eigenvalue weighted by atomic mass is 10.1. The van der Waals surface area contributed by atoms with E-state index < -0.39 is 0 Å². The van der Waals surface area contributed by atoms with Crippen molar-refractivity contribution >= 4 is 11.6 Å². The molecule has 0 unspecified atom stereocenters. The van der Waals surface area contributed by atoms with Crippen molar-refractivity contribution in [2.45, 2.75) is 13.3 Å². The molecule has 0 spiro atoms. The number of halogens is 2. The Morgan fingerprint density at radius 3 is 2.53 bits per heavy atom. The molecule has 2 aromatic carbocycles. The van der Waals surface area contributed by atoms with Gasteiger partial charge in [0.1, 0.15) is 11.6 Å². The summed E-state index contributed by atoms with van der Waals surface area (Å²) in [5.74, 6) is -0.982. The monoisotopic (exact) mass is 261 g/mol. The van der Waals surface area contributed by atoms with E-state index in [9.17, 15) is 13.6 Å². The molecule has 0 fully saturated rings. The largest absolute Gasteiger partial charge is 0.326 e. The van der Waals surface area contributed by atoms with Crippen molar-refractivity contribution in [1.29, 1.82) is 0 Å². The summed E-state index contributed by atoms with van der Waals surface area (Å²) in [7, 11) is 0. The van der Waals surface area contributed by atoms with Crippen molar-refractivity contribution in [2.24, 2.45) is 0 Å². The summed E-state index contributed by atoms with van der Waals surface area (Å²) >= 11 is 0. The lowest BCUT2D eigenvalue weighted by Gasteiger charge is -2.08. The SMILES string of the molecule is Cc1cc(F)ccc1NC(=O)Cc1cccc(F)c1. The Hall–Kier alpha value is -2.23. The molecular formula is C15H13F2NO. The molecule has 0 atom stereocenters. The topological polar surface area (TPSA) is 29.1 Å². The van der Waals surface area contributed by atoms with E-state index >= 15 is 0 Å². The second kappa shape index (κ2) is 5.61. The minimum absolute atomic E-state index is 0.0780. The fraction of sp³-hybridized carbons (Fsp3) is 0.133. The number of nitrogens with one attached hydrogen (secondary N) is 1. The van der Waals surface area contributed by atoms with E-state index in [0.29, 0.717) is 16.8 Å². The zero-order valence-corrected chi connectivity index (χ0v) is 10.4.